The van der Waals surface area contributed by atoms with E-state index < -0.39 is 0 Å². The fraction of sp³-hybridized carbons (Fsp3) is 0.167. The minimum atomic E-state index is -0.267. The van der Waals surface area contributed by atoms with Crippen LogP contribution in [0.2, 0.25) is 5.02 Å². The van der Waals surface area contributed by atoms with Gasteiger partial charge >= 0.3 is 0 Å². The molecule has 2 rings (SSSR count). The molecule has 17 heavy (non-hydrogen) atoms. The number of rotatable bonds is 3. The molecular weight excluding hydrogens is 325 g/mol. The van der Waals surface area contributed by atoms with Crippen molar-refractivity contribution >= 4 is 38.9 Å². The third kappa shape index (κ3) is 3.07. The Balaban J connectivity index is 2.16. The second-order valence-corrected chi connectivity index (χ2v) is 5.90. The van der Waals surface area contributed by atoms with Crippen molar-refractivity contribution < 1.29 is 4.39 Å². The van der Waals surface area contributed by atoms with Crippen molar-refractivity contribution in [1.29, 1.82) is 0 Å². The van der Waals surface area contributed by atoms with Crippen LogP contribution in [0.3, 0.4) is 0 Å². The molecular formula is C12H10BrClFNS. The Morgan fingerprint density at radius 1 is 1.41 bits per heavy atom. The third-order valence-electron chi connectivity index (χ3n) is 2.42. The Morgan fingerprint density at radius 3 is 2.76 bits per heavy atom. The van der Waals surface area contributed by atoms with Crippen LogP contribution >= 0.6 is 38.9 Å². The van der Waals surface area contributed by atoms with Crippen LogP contribution in [0.1, 0.15) is 16.5 Å². The molecule has 0 aliphatic heterocycles. The highest BCUT2D eigenvalue weighted by Crippen LogP contribution is 2.29. The van der Waals surface area contributed by atoms with E-state index in [-0.39, 0.29) is 11.9 Å². The first-order valence-electron chi connectivity index (χ1n) is 5.00. The summed E-state index contributed by atoms with van der Waals surface area (Å²) in [5.74, 6) is -0.267. The lowest BCUT2D eigenvalue weighted by atomic mass is 10.1. The maximum Gasteiger partial charge on any atom is 0.137 e. The molecule has 0 aliphatic rings. The number of hydrogen-bond acceptors (Lipinski definition) is 2. The molecule has 0 saturated heterocycles. The van der Waals surface area contributed by atoms with Gasteiger partial charge in [0.05, 0.1) is 9.50 Å². The van der Waals surface area contributed by atoms with Crippen LogP contribution in [0.15, 0.2) is 34.1 Å². The van der Waals surface area contributed by atoms with Gasteiger partial charge in [-0.3, -0.25) is 0 Å². The molecule has 1 aromatic carbocycles. The van der Waals surface area contributed by atoms with Gasteiger partial charge in [-0.15, -0.1) is 11.3 Å². The monoisotopic (exact) mass is 333 g/mol. The molecule has 0 aliphatic carbocycles. The summed E-state index contributed by atoms with van der Waals surface area (Å²) in [4.78, 5) is 0.965. The SMILES string of the molecule is NC(Cc1ccc(F)c(Br)c1)c1sccc1Cl. The second kappa shape index (κ2) is 5.48. The maximum absolute atomic E-state index is 13.1. The molecule has 2 aromatic rings. The Bertz CT molecular complexity index is 529. The lowest BCUT2D eigenvalue weighted by Crippen LogP contribution is -2.12. The van der Waals surface area contributed by atoms with E-state index in [4.69, 9.17) is 17.3 Å². The molecule has 0 fully saturated rings. The van der Waals surface area contributed by atoms with Gasteiger partial charge in [0, 0.05) is 10.9 Å². The van der Waals surface area contributed by atoms with Crippen molar-refractivity contribution in [2.45, 2.75) is 12.5 Å². The molecule has 1 aromatic heterocycles. The van der Waals surface area contributed by atoms with Gasteiger partial charge < -0.3 is 5.73 Å². The lowest BCUT2D eigenvalue weighted by molar-refractivity contribution is 0.619. The van der Waals surface area contributed by atoms with Gasteiger partial charge in [-0.05, 0) is 51.5 Å². The van der Waals surface area contributed by atoms with Crippen LogP contribution in [0.5, 0.6) is 0 Å². The summed E-state index contributed by atoms with van der Waals surface area (Å²) < 4.78 is 13.5. The van der Waals surface area contributed by atoms with Crippen LogP contribution in [0, 0.1) is 5.82 Å². The number of thiophene rings is 1. The molecule has 90 valence electrons. The molecule has 1 nitrogen and oxygen atoms in total. The normalized spacial score (nSPS) is 12.7. The van der Waals surface area contributed by atoms with Crippen molar-refractivity contribution in [3.05, 3.63) is 55.4 Å². The van der Waals surface area contributed by atoms with Gasteiger partial charge in [-0.25, -0.2) is 4.39 Å². The third-order valence-corrected chi connectivity index (χ3v) is 4.52. The molecule has 1 unspecified atom stereocenters. The number of nitrogens with two attached hydrogens (primary N) is 1. The number of hydrogen-bond donors (Lipinski definition) is 1. The van der Waals surface area contributed by atoms with Crippen LogP contribution in [-0.4, -0.2) is 0 Å². The van der Waals surface area contributed by atoms with Gasteiger partial charge in [0.2, 0.25) is 0 Å². The van der Waals surface area contributed by atoms with Gasteiger partial charge in [0.1, 0.15) is 5.82 Å². The summed E-state index contributed by atoms with van der Waals surface area (Å²) >= 11 is 10.7. The Labute approximate surface area is 117 Å². The Hall–Kier alpha value is -0.420. The van der Waals surface area contributed by atoms with Gasteiger partial charge in [-0.1, -0.05) is 17.7 Å². The highest BCUT2D eigenvalue weighted by Gasteiger charge is 2.13. The summed E-state index contributed by atoms with van der Waals surface area (Å²) in [6.45, 7) is 0. The molecule has 0 radical (unpaired) electrons. The Morgan fingerprint density at radius 2 is 2.18 bits per heavy atom. The van der Waals surface area contributed by atoms with Gasteiger partial charge in [-0.2, -0.15) is 0 Å². The topological polar surface area (TPSA) is 26.0 Å². The molecule has 5 heteroatoms. The number of halogens is 3. The summed E-state index contributed by atoms with van der Waals surface area (Å²) in [6, 6.07) is 6.60. The van der Waals surface area contributed by atoms with Crippen LogP contribution in [0.4, 0.5) is 4.39 Å². The fourth-order valence-electron chi connectivity index (χ4n) is 1.58. The van der Waals surface area contributed by atoms with Crippen LogP contribution in [0.25, 0.3) is 0 Å². The van der Waals surface area contributed by atoms with E-state index in [1.54, 1.807) is 23.5 Å². The second-order valence-electron chi connectivity index (χ2n) is 3.69. The smallest absolute Gasteiger partial charge is 0.137 e. The standard InChI is InChI=1S/C12H10BrClFNS/c13-8-5-7(1-2-10(8)15)6-11(16)12-9(14)3-4-17-12/h1-5,11H,6,16H2. The fourth-order valence-corrected chi connectivity index (χ4v) is 3.21. The van der Waals surface area contributed by atoms with Crippen LogP contribution in [-0.2, 0) is 6.42 Å². The van der Waals surface area contributed by atoms with Crippen LogP contribution < -0.4 is 5.73 Å². The van der Waals surface area contributed by atoms with E-state index in [9.17, 15) is 4.39 Å². The first-order chi connectivity index (χ1) is 8.08. The van der Waals surface area contributed by atoms with E-state index in [0.717, 1.165) is 10.4 Å². The van der Waals surface area contributed by atoms with Crippen molar-refractivity contribution in [3.63, 3.8) is 0 Å². The van der Waals surface area contributed by atoms with Crippen molar-refractivity contribution in [1.82, 2.24) is 0 Å². The van der Waals surface area contributed by atoms with E-state index in [1.807, 2.05) is 11.4 Å². The quantitative estimate of drug-likeness (QED) is 0.876. The summed E-state index contributed by atoms with van der Waals surface area (Å²) in [5, 5.41) is 2.61. The minimum Gasteiger partial charge on any atom is -0.323 e. The van der Waals surface area contributed by atoms with Crippen molar-refractivity contribution in [2.24, 2.45) is 5.73 Å². The zero-order valence-electron chi connectivity index (χ0n) is 8.79. The predicted molar refractivity (Wildman–Crippen MR) is 74.1 cm³/mol. The first-order valence-corrected chi connectivity index (χ1v) is 7.05. The van der Waals surface area contributed by atoms with E-state index in [2.05, 4.69) is 15.9 Å². The minimum absolute atomic E-state index is 0.153. The highest BCUT2D eigenvalue weighted by molar-refractivity contribution is 9.10. The Kier molecular flexibility index (Phi) is 4.20. The largest absolute Gasteiger partial charge is 0.323 e. The zero-order chi connectivity index (χ0) is 12.4. The average molecular weight is 335 g/mol. The molecule has 1 heterocycles. The lowest BCUT2D eigenvalue weighted by Gasteiger charge is -2.11. The van der Waals surface area contributed by atoms with Gasteiger partial charge in [0.25, 0.3) is 0 Å². The summed E-state index contributed by atoms with van der Waals surface area (Å²) in [6.07, 6.45) is 0.638. The molecule has 0 saturated carbocycles. The molecule has 0 amide bonds. The number of benzene rings is 1. The zero-order valence-corrected chi connectivity index (χ0v) is 11.9. The summed E-state index contributed by atoms with van der Waals surface area (Å²) in [5.41, 5.74) is 7.06. The predicted octanol–water partition coefficient (Wildman–Crippen LogP) is 4.55. The molecule has 2 N–H and O–H groups in total. The van der Waals surface area contributed by atoms with E-state index >= 15 is 0 Å². The summed E-state index contributed by atoms with van der Waals surface area (Å²) in [7, 11) is 0. The highest BCUT2D eigenvalue weighted by atomic mass is 79.9. The van der Waals surface area contributed by atoms with Crippen molar-refractivity contribution in [3.8, 4) is 0 Å². The van der Waals surface area contributed by atoms with Gasteiger partial charge in [0.15, 0.2) is 0 Å². The molecule has 0 bridgehead atoms. The maximum atomic E-state index is 13.1. The van der Waals surface area contributed by atoms with Crippen molar-refractivity contribution in [2.75, 3.05) is 0 Å². The first kappa shape index (κ1) is 13.0. The van der Waals surface area contributed by atoms with E-state index in [0.29, 0.717) is 15.9 Å². The molecule has 0 spiro atoms. The average Bonchev–Trinajstić information content (AvgIpc) is 2.70. The van der Waals surface area contributed by atoms with E-state index in [1.165, 1.54) is 6.07 Å². The molecule has 1 atom stereocenters.